The monoisotopic (exact) mass is 370 g/mol. The van der Waals surface area contributed by atoms with Crippen molar-refractivity contribution < 1.29 is 9.34 Å². The molecule has 2 aliphatic rings. The van der Waals surface area contributed by atoms with Crippen molar-refractivity contribution in [2.24, 2.45) is 0 Å². The second kappa shape index (κ2) is 8.19. The number of benzene rings is 1. The zero-order valence-corrected chi connectivity index (χ0v) is 15.5. The van der Waals surface area contributed by atoms with Gasteiger partial charge in [-0.2, -0.15) is 0 Å². The standard InChI is InChI=1S/C20H26N4O3/c25-24(26)19-8-4-5-16(13-19)20-21-17(15-27-20)14-22-9-11-23(12-10-22)18-6-2-1-3-7-18/h4-5,8,13,15,18H,1-3,6-7,9-12,14H2. The number of oxazole rings is 1. The van der Waals surface area contributed by atoms with Gasteiger partial charge in [-0.15, -0.1) is 0 Å². The summed E-state index contributed by atoms with van der Waals surface area (Å²) in [6.07, 6.45) is 8.54. The average molecular weight is 370 g/mol. The maximum Gasteiger partial charge on any atom is 0.270 e. The van der Waals surface area contributed by atoms with Gasteiger partial charge < -0.3 is 4.42 Å². The molecule has 1 saturated carbocycles. The third-order valence-electron chi connectivity index (χ3n) is 5.74. The van der Waals surface area contributed by atoms with Crippen molar-refractivity contribution in [2.45, 2.75) is 44.7 Å². The summed E-state index contributed by atoms with van der Waals surface area (Å²) in [5, 5.41) is 10.9. The van der Waals surface area contributed by atoms with Gasteiger partial charge in [0.1, 0.15) is 6.26 Å². The van der Waals surface area contributed by atoms with Crippen LogP contribution in [-0.4, -0.2) is 51.9 Å². The van der Waals surface area contributed by atoms with Gasteiger partial charge in [0.15, 0.2) is 0 Å². The first kappa shape index (κ1) is 18.1. The Hall–Kier alpha value is -2.25. The minimum atomic E-state index is -0.404. The Kier molecular flexibility index (Phi) is 5.50. The minimum absolute atomic E-state index is 0.0473. The van der Waals surface area contributed by atoms with Crippen LogP contribution in [-0.2, 0) is 6.54 Å². The third kappa shape index (κ3) is 4.36. The van der Waals surface area contributed by atoms with Crippen molar-refractivity contribution in [1.29, 1.82) is 0 Å². The van der Waals surface area contributed by atoms with Crippen LogP contribution in [0.2, 0.25) is 0 Å². The lowest BCUT2D eigenvalue weighted by atomic mass is 9.94. The first-order valence-corrected chi connectivity index (χ1v) is 9.85. The van der Waals surface area contributed by atoms with Gasteiger partial charge in [-0.05, 0) is 18.9 Å². The number of aromatic nitrogens is 1. The summed E-state index contributed by atoms with van der Waals surface area (Å²) in [5.74, 6) is 0.439. The number of nitro benzene ring substituents is 1. The SMILES string of the molecule is O=[N+]([O-])c1cccc(-c2nc(CN3CCN(C4CCCCC4)CC3)co2)c1. The lowest BCUT2D eigenvalue weighted by Gasteiger charge is -2.40. The molecule has 4 rings (SSSR count). The number of hydrogen-bond acceptors (Lipinski definition) is 6. The number of hydrogen-bond donors (Lipinski definition) is 0. The number of rotatable bonds is 5. The predicted octanol–water partition coefficient (Wildman–Crippen LogP) is 3.70. The van der Waals surface area contributed by atoms with E-state index < -0.39 is 4.92 Å². The van der Waals surface area contributed by atoms with Crippen molar-refractivity contribution in [3.05, 3.63) is 46.3 Å². The molecular formula is C20H26N4O3. The van der Waals surface area contributed by atoms with Gasteiger partial charge in [-0.25, -0.2) is 4.98 Å². The van der Waals surface area contributed by atoms with Crippen LogP contribution in [0, 0.1) is 10.1 Å². The van der Waals surface area contributed by atoms with E-state index in [4.69, 9.17) is 4.42 Å². The van der Waals surface area contributed by atoms with Crippen LogP contribution in [0.25, 0.3) is 11.5 Å². The molecule has 1 saturated heterocycles. The molecule has 0 radical (unpaired) electrons. The van der Waals surface area contributed by atoms with E-state index in [0.29, 0.717) is 11.5 Å². The molecule has 2 fully saturated rings. The maximum absolute atomic E-state index is 10.9. The van der Waals surface area contributed by atoms with Gasteiger partial charge >= 0.3 is 0 Å². The highest BCUT2D eigenvalue weighted by Gasteiger charge is 2.25. The fraction of sp³-hybridized carbons (Fsp3) is 0.550. The molecule has 0 amide bonds. The molecule has 1 aromatic heterocycles. The molecule has 0 spiro atoms. The van der Waals surface area contributed by atoms with E-state index in [1.807, 2.05) is 0 Å². The number of nitrogens with zero attached hydrogens (tertiary/aromatic N) is 4. The molecule has 27 heavy (non-hydrogen) atoms. The molecular weight excluding hydrogens is 344 g/mol. The van der Waals surface area contributed by atoms with Gasteiger partial charge in [-0.1, -0.05) is 25.3 Å². The van der Waals surface area contributed by atoms with Crippen molar-refractivity contribution in [2.75, 3.05) is 26.2 Å². The second-order valence-electron chi connectivity index (χ2n) is 7.56. The van der Waals surface area contributed by atoms with Crippen LogP contribution >= 0.6 is 0 Å². The number of nitro groups is 1. The highest BCUT2D eigenvalue weighted by molar-refractivity contribution is 5.57. The fourth-order valence-corrected chi connectivity index (χ4v) is 4.23. The molecule has 2 aromatic rings. The number of piperazine rings is 1. The third-order valence-corrected chi connectivity index (χ3v) is 5.74. The summed E-state index contributed by atoms with van der Waals surface area (Å²) in [6, 6.07) is 7.19. The van der Waals surface area contributed by atoms with E-state index >= 15 is 0 Å². The first-order valence-electron chi connectivity index (χ1n) is 9.85. The molecule has 1 aliphatic heterocycles. The highest BCUT2D eigenvalue weighted by atomic mass is 16.6. The Balaban J connectivity index is 1.33. The fourth-order valence-electron chi connectivity index (χ4n) is 4.23. The highest BCUT2D eigenvalue weighted by Crippen LogP contribution is 2.25. The van der Waals surface area contributed by atoms with Gasteiger partial charge in [0, 0.05) is 56.5 Å². The molecule has 1 aromatic carbocycles. The molecule has 7 heteroatoms. The van der Waals surface area contributed by atoms with Crippen LogP contribution in [0.15, 0.2) is 34.9 Å². The van der Waals surface area contributed by atoms with Gasteiger partial charge in [0.25, 0.3) is 5.69 Å². The minimum Gasteiger partial charge on any atom is -0.444 e. The van der Waals surface area contributed by atoms with Gasteiger partial charge in [0.2, 0.25) is 5.89 Å². The van der Waals surface area contributed by atoms with Crippen molar-refractivity contribution in [3.63, 3.8) is 0 Å². The largest absolute Gasteiger partial charge is 0.444 e. The average Bonchev–Trinajstić information content (AvgIpc) is 3.18. The Morgan fingerprint density at radius 1 is 1.15 bits per heavy atom. The van der Waals surface area contributed by atoms with Gasteiger partial charge in [-0.3, -0.25) is 19.9 Å². The molecule has 144 valence electrons. The molecule has 0 N–H and O–H groups in total. The molecule has 7 nitrogen and oxygen atoms in total. The van der Waals surface area contributed by atoms with E-state index in [1.54, 1.807) is 18.4 Å². The predicted molar refractivity (Wildman–Crippen MR) is 102 cm³/mol. The van der Waals surface area contributed by atoms with E-state index in [2.05, 4.69) is 14.8 Å². The topological polar surface area (TPSA) is 75.7 Å². The molecule has 0 atom stereocenters. The summed E-state index contributed by atoms with van der Waals surface area (Å²) < 4.78 is 5.57. The van der Waals surface area contributed by atoms with Crippen LogP contribution in [0.3, 0.4) is 0 Å². The summed E-state index contributed by atoms with van der Waals surface area (Å²) in [7, 11) is 0. The van der Waals surface area contributed by atoms with Crippen LogP contribution in [0.4, 0.5) is 5.69 Å². The van der Waals surface area contributed by atoms with Crippen molar-refractivity contribution in [1.82, 2.24) is 14.8 Å². The van der Waals surface area contributed by atoms with Crippen LogP contribution in [0.5, 0.6) is 0 Å². The van der Waals surface area contributed by atoms with E-state index in [9.17, 15) is 10.1 Å². The molecule has 0 unspecified atom stereocenters. The normalized spacial score (nSPS) is 20.0. The Labute approximate surface area is 159 Å². The van der Waals surface area contributed by atoms with Crippen molar-refractivity contribution in [3.8, 4) is 11.5 Å². The Bertz CT molecular complexity index is 777. The van der Waals surface area contributed by atoms with Crippen LogP contribution in [0.1, 0.15) is 37.8 Å². The quantitative estimate of drug-likeness (QED) is 0.590. The smallest absolute Gasteiger partial charge is 0.270 e. The molecule has 0 bridgehead atoms. The second-order valence-corrected chi connectivity index (χ2v) is 7.56. The zero-order chi connectivity index (χ0) is 18.6. The van der Waals surface area contributed by atoms with Crippen LogP contribution < -0.4 is 0 Å². The lowest BCUT2D eigenvalue weighted by molar-refractivity contribution is -0.384. The maximum atomic E-state index is 10.9. The summed E-state index contributed by atoms with van der Waals surface area (Å²) in [4.78, 5) is 20.1. The van der Waals surface area contributed by atoms with E-state index in [-0.39, 0.29) is 5.69 Å². The molecule has 2 heterocycles. The summed E-state index contributed by atoms with van der Waals surface area (Å²) in [5.41, 5.74) is 1.56. The zero-order valence-electron chi connectivity index (χ0n) is 15.5. The number of non-ortho nitro benzene ring substituents is 1. The first-order chi connectivity index (χ1) is 13.2. The summed E-state index contributed by atoms with van der Waals surface area (Å²) in [6.45, 7) is 5.11. The van der Waals surface area contributed by atoms with Gasteiger partial charge in [0.05, 0.1) is 10.6 Å². The van der Waals surface area contributed by atoms with E-state index in [1.165, 1.54) is 44.2 Å². The Morgan fingerprint density at radius 3 is 2.67 bits per heavy atom. The Morgan fingerprint density at radius 2 is 1.93 bits per heavy atom. The molecule has 1 aliphatic carbocycles. The lowest BCUT2D eigenvalue weighted by Crippen LogP contribution is -2.50. The van der Waals surface area contributed by atoms with E-state index in [0.717, 1.165) is 44.5 Å². The summed E-state index contributed by atoms with van der Waals surface area (Å²) >= 11 is 0. The van der Waals surface area contributed by atoms with Crippen molar-refractivity contribution >= 4 is 5.69 Å².